The number of carbonyl (C=O) groups excluding carboxylic acids is 2. The molecule has 0 aliphatic carbocycles. The molecule has 2 aromatic rings. The van der Waals surface area contributed by atoms with E-state index in [1.54, 1.807) is 11.0 Å². The van der Waals surface area contributed by atoms with E-state index in [1.165, 1.54) is 5.56 Å². The maximum atomic E-state index is 13.0. The van der Waals surface area contributed by atoms with Crippen molar-refractivity contribution in [1.82, 2.24) is 0 Å². The molecule has 25 heavy (non-hydrogen) atoms. The number of anilines is 2. The summed E-state index contributed by atoms with van der Waals surface area (Å²) < 4.78 is 0. The van der Waals surface area contributed by atoms with Gasteiger partial charge >= 0.3 is 0 Å². The second-order valence-electron chi connectivity index (χ2n) is 6.70. The predicted octanol–water partition coefficient (Wildman–Crippen LogP) is 3.59. The molecule has 4 nitrogen and oxygen atoms in total. The van der Waals surface area contributed by atoms with Gasteiger partial charge in [-0.2, -0.15) is 0 Å². The number of aryl methyl sites for hydroxylation is 1. The predicted molar refractivity (Wildman–Crippen MR) is 99.1 cm³/mol. The molecule has 1 saturated heterocycles. The van der Waals surface area contributed by atoms with Gasteiger partial charge in [0, 0.05) is 35.9 Å². The quantitative estimate of drug-likeness (QED) is 0.827. The molecule has 0 aromatic heterocycles. The van der Waals surface area contributed by atoms with E-state index < -0.39 is 0 Å². The molecule has 2 aliphatic heterocycles. The lowest BCUT2D eigenvalue weighted by atomic mass is 10.1. The van der Waals surface area contributed by atoms with Crippen LogP contribution >= 0.6 is 11.6 Å². The van der Waals surface area contributed by atoms with E-state index >= 15 is 0 Å². The van der Waals surface area contributed by atoms with Gasteiger partial charge in [0.2, 0.25) is 11.8 Å². The molecule has 0 saturated carbocycles. The minimum absolute atomic E-state index is 0.0174. The SMILES string of the molecule is Cc1ccc(Cl)cc1N1CC(C(=O)N2CCc3ccccc32)CC1=O. The van der Waals surface area contributed by atoms with E-state index in [0.29, 0.717) is 18.1 Å². The van der Waals surface area contributed by atoms with Crippen LogP contribution in [0.2, 0.25) is 5.02 Å². The van der Waals surface area contributed by atoms with Crippen molar-refractivity contribution in [3.05, 3.63) is 58.6 Å². The first-order valence-corrected chi connectivity index (χ1v) is 8.88. The zero-order valence-electron chi connectivity index (χ0n) is 14.0. The van der Waals surface area contributed by atoms with Gasteiger partial charge in [-0.15, -0.1) is 0 Å². The molecule has 2 aromatic carbocycles. The van der Waals surface area contributed by atoms with Crippen molar-refractivity contribution < 1.29 is 9.59 Å². The molecule has 0 radical (unpaired) electrons. The summed E-state index contributed by atoms with van der Waals surface area (Å²) in [6.07, 6.45) is 1.13. The summed E-state index contributed by atoms with van der Waals surface area (Å²) in [5.74, 6) is -0.284. The van der Waals surface area contributed by atoms with Crippen LogP contribution in [0.5, 0.6) is 0 Å². The van der Waals surface area contributed by atoms with Crippen LogP contribution in [0.3, 0.4) is 0 Å². The minimum atomic E-state index is -0.308. The molecule has 2 amide bonds. The van der Waals surface area contributed by atoms with Gasteiger partial charge in [0.15, 0.2) is 0 Å². The second-order valence-corrected chi connectivity index (χ2v) is 7.14. The number of amides is 2. The van der Waals surface area contributed by atoms with Crippen molar-refractivity contribution in [2.45, 2.75) is 19.8 Å². The van der Waals surface area contributed by atoms with Crippen LogP contribution in [0.25, 0.3) is 0 Å². The van der Waals surface area contributed by atoms with E-state index in [2.05, 4.69) is 6.07 Å². The molecule has 1 atom stereocenters. The highest BCUT2D eigenvalue weighted by atomic mass is 35.5. The van der Waals surface area contributed by atoms with E-state index in [-0.39, 0.29) is 24.2 Å². The van der Waals surface area contributed by atoms with Gasteiger partial charge in [0.05, 0.1) is 5.92 Å². The Morgan fingerprint density at radius 3 is 2.80 bits per heavy atom. The van der Waals surface area contributed by atoms with E-state index in [1.807, 2.05) is 42.2 Å². The molecular weight excluding hydrogens is 336 g/mol. The minimum Gasteiger partial charge on any atom is -0.312 e. The smallest absolute Gasteiger partial charge is 0.232 e. The van der Waals surface area contributed by atoms with Crippen molar-refractivity contribution in [1.29, 1.82) is 0 Å². The first kappa shape index (κ1) is 16.2. The number of fused-ring (bicyclic) bond motifs is 1. The van der Waals surface area contributed by atoms with Gasteiger partial charge in [-0.3, -0.25) is 9.59 Å². The van der Waals surface area contributed by atoms with Gasteiger partial charge in [0.25, 0.3) is 0 Å². The first-order valence-electron chi connectivity index (χ1n) is 8.50. The van der Waals surface area contributed by atoms with Gasteiger partial charge in [-0.25, -0.2) is 0 Å². The number of rotatable bonds is 2. The summed E-state index contributed by atoms with van der Waals surface area (Å²) in [4.78, 5) is 29.1. The summed E-state index contributed by atoms with van der Waals surface area (Å²) in [7, 11) is 0. The Balaban J connectivity index is 1.57. The Kier molecular flexibility index (Phi) is 4.00. The van der Waals surface area contributed by atoms with Gasteiger partial charge in [-0.1, -0.05) is 35.9 Å². The maximum Gasteiger partial charge on any atom is 0.232 e. The van der Waals surface area contributed by atoms with Crippen molar-refractivity contribution in [2.75, 3.05) is 22.9 Å². The van der Waals surface area contributed by atoms with Crippen molar-refractivity contribution in [3.8, 4) is 0 Å². The number of carbonyl (C=O) groups is 2. The average molecular weight is 355 g/mol. The summed E-state index contributed by atoms with van der Waals surface area (Å²) >= 11 is 6.09. The summed E-state index contributed by atoms with van der Waals surface area (Å²) in [6.45, 7) is 3.06. The van der Waals surface area contributed by atoms with Gasteiger partial charge in [-0.05, 0) is 42.7 Å². The third-order valence-corrected chi connectivity index (χ3v) is 5.32. The second kappa shape index (κ2) is 6.19. The van der Waals surface area contributed by atoms with Crippen LogP contribution in [0.1, 0.15) is 17.5 Å². The molecule has 0 N–H and O–H groups in total. The standard InChI is InChI=1S/C20H19ClN2O2/c1-13-6-7-16(21)11-18(13)23-12-15(10-19(23)24)20(25)22-9-8-14-4-2-3-5-17(14)22/h2-7,11,15H,8-10,12H2,1H3. The highest BCUT2D eigenvalue weighted by molar-refractivity contribution is 6.31. The molecular formula is C20H19ClN2O2. The Morgan fingerprint density at radius 1 is 1.16 bits per heavy atom. The first-order chi connectivity index (χ1) is 12.0. The van der Waals surface area contributed by atoms with E-state index in [0.717, 1.165) is 23.4 Å². The number of nitrogens with zero attached hydrogens (tertiary/aromatic N) is 2. The molecule has 5 heteroatoms. The lowest BCUT2D eigenvalue weighted by molar-refractivity contribution is -0.124. The molecule has 4 rings (SSSR count). The maximum absolute atomic E-state index is 13.0. The fourth-order valence-corrected chi connectivity index (χ4v) is 3.93. The number of benzene rings is 2. The Morgan fingerprint density at radius 2 is 1.96 bits per heavy atom. The molecule has 1 unspecified atom stereocenters. The molecule has 0 spiro atoms. The van der Waals surface area contributed by atoms with E-state index in [4.69, 9.17) is 11.6 Å². The van der Waals surface area contributed by atoms with Crippen LogP contribution < -0.4 is 9.80 Å². The zero-order chi connectivity index (χ0) is 17.6. The molecule has 128 valence electrons. The lowest BCUT2D eigenvalue weighted by Gasteiger charge is -2.22. The Labute approximate surface area is 152 Å². The summed E-state index contributed by atoms with van der Waals surface area (Å²) in [6, 6.07) is 13.5. The van der Waals surface area contributed by atoms with Crippen LogP contribution in [-0.2, 0) is 16.0 Å². The molecule has 2 aliphatic rings. The molecule has 0 bridgehead atoms. The lowest BCUT2D eigenvalue weighted by Crippen LogP contribution is -2.36. The van der Waals surface area contributed by atoms with Crippen LogP contribution in [0.4, 0.5) is 11.4 Å². The van der Waals surface area contributed by atoms with Gasteiger partial charge in [0.1, 0.15) is 0 Å². The average Bonchev–Trinajstić information content (AvgIpc) is 3.20. The normalized spacial score (nSPS) is 19.4. The highest BCUT2D eigenvalue weighted by Gasteiger charge is 2.39. The fraction of sp³-hybridized carbons (Fsp3) is 0.300. The third kappa shape index (κ3) is 2.81. The Hall–Kier alpha value is -2.33. The number of hydrogen-bond donors (Lipinski definition) is 0. The van der Waals surface area contributed by atoms with Crippen LogP contribution in [0, 0.1) is 12.8 Å². The van der Waals surface area contributed by atoms with Crippen molar-refractivity contribution in [3.63, 3.8) is 0 Å². The van der Waals surface area contributed by atoms with Crippen LogP contribution in [-0.4, -0.2) is 24.9 Å². The third-order valence-electron chi connectivity index (χ3n) is 5.09. The number of para-hydroxylation sites is 1. The number of hydrogen-bond acceptors (Lipinski definition) is 2. The largest absolute Gasteiger partial charge is 0.312 e. The topological polar surface area (TPSA) is 40.6 Å². The van der Waals surface area contributed by atoms with Crippen molar-refractivity contribution >= 4 is 34.8 Å². The molecule has 2 heterocycles. The van der Waals surface area contributed by atoms with Crippen LogP contribution in [0.15, 0.2) is 42.5 Å². The van der Waals surface area contributed by atoms with Crippen molar-refractivity contribution in [2.24, 2.45) is 5.92 Å². The summed E-state index contributed by atoms with van der Waals surface area (Å²) in [5.41, 5.74) is 3.96. The monoisotopic (exact) mass is 354 g/mol. The highest BCUT2D eigenvalue weighted by Crippen LogP contribution is 2.34. The number of halogens is 1. The zero-order valence-corrected chi connectivity index (χ0v) is 14.8. The molecule has 1 fully saturated rings. The van der Waals surface area contributed by atoms with Gasteiger partial charge < -0.3 is 9.80 Å². The summed E-state index contributed by atoms with van der Waals surface area (Å²) in [5, 5.41) is 0.594. The Bertz CT molecular complexity index is 865. The fourth-order valence-electron chi connectivity index (χ4n) is 3.77. The van der Waals surface area contributed by atoms with E-state index in [9.17, 15) is 9.59 Å².